The zero-order valence-electron chi connectivity index (χ0n) is 18.6. The third-order valence-electron chi connectivity index (χ3n) is 6.17. The standard InChI is InChI=1S/C23H32FN5OS/c1-15(2)21(17-4-6-18(24)7-5-17)25-20(30)14-31-23-27-26-22(29(23)19-8-9-19)28-12-10-16(3)11-13-28/h4-7,15-16,19,21H,8-14H2,1-3H3,(H,25,30). The topological polar surface area (TPSA) is 63.1 Å². The summed E-state index contributed by atoms with van der Waals surface area (Å²) in [6, 6.07) is 6.66. The van der Waals surface area contributed by atoms with E-state index in [1.165, 1.54) is 36.7 Å². The molecule has 2 aliphatic rings. The van der Waals surface area contributed by atoms with Gasteiger partial charge in [-0.2, -0.15) is 0 Å². The molecule has 31 heavy (non-hydrogen) atoms. The summed E-state index contributed by atoms with van der Waals surface area (Å²) >= 11 is 1.45. The van der Waals surface area contributed by atoms with Crippen molar-refractivity contribution in [2.45, 2.75) is 63.7 Å². The van der Waals surface area contributed by atoms with E-state index in [0.29, 0.717) is 6.04 Å². The molecule has 1 aliphatic carbocycles. The highest BCUT2D eigenvalue weighted by Crippen LogP contribution is 2.41. The van der Waals surface area contributed by atoms with Crippen molar-refractivity contribution in [3.05, 3.63) is 35.6 Å². The second-order valence-electron chi connectivity index (χ2n) is 9.18. The second kappa shape index (κ2) is 9.59. The molecule has 6 nitrogen and oxygen atoms in total. The van der Waals surface area contributed by atoms with Crippen LogP contribution in [-0.2, 0) is 4.79 Å². The minimum absolute atomic E-state index is 0.0493. The maximum absolute atomic E-state index is 13.3. The van der Waals surface area contributed by atoms with E-state index in [0.717, 1.165) is 48.5 Å². The lowest BCUT2D eigenvalue weighted by atomic mass is 9.96. The van der Waals surface area contributed by atoms with Gasteiger partial charge in [0.15, 0.2) is 5.16 Å². The van der Waals surface area contributed by atoms with Gasteiger partial charge in [0, 0.05) is 19.1 Å². The van der Waals surface area contributed by atoms with Crippen LogP contribution in [0.3, 0.4) is 0 Å². The molecule has 2 aromatic rings. The van der Waals surface area contributed by atoms with Crippen molar-refractivity contribution < 1.29 is 9.18 Å². The normalized spacial score (nSPS) is 18.4. The Kier molecular flexibility index (Phi) is 6.84. The van der Waals surface area contributed by atoms with E-state index in [4.69, 9.17) is 0 Å². The van der Waals surface area contributed by atoms with Gasteiger partial charge in [-0.3, -0.25) is 9.36 Å². The van der Waals surface area contributed by atoms with E-state index in [1.54, 1.807) is 12.1 Å². The van der Waals surface area contributed by atoms with Crippen LogP contribution in [0.15, 0.2) is 29.4 Å². The predicted octanol–water partition coefficient (Wildman–Crippen LogP) is 4.59. The van der Waals surface area contributed by atoms with Crippen molar-refractivity contribution in [3.63, 3.8) is 0 Å². The highest BCUT2D eigenvalue weighted by atomic mass is 32.2. The average Bonchev–Trinajstić information content (AvgIpc) is 3.51. The van der Waals surface area contributed by atoms with Crippen LogP contribution < -0.4 is 10.2 Å². The maximum Gasteiger partial charge on any atom is 0.230 e. The van der Waals surface area contributed by atoms with E-state index >= 15 is 0 Å². The van der Waals surface area contributed by atoms with Crippen molar-refractivity contribution in [1.82, 2.24) is 20.1 Å². The Morgan fingerprint density at radius 2 is 1.84 bits per heavy atom. The number of carbonyl (C=O) groups is 1. The van der Waals surface area contributed by atoms with Crippen molar-refractivity contribution in [3.8, 4) is 0 Å². The number of benzene rings is 1. The van der Waals surface area contributed by atoms with E-state index in [1.807, 2.05) is 0 Å². The number of thioether (sulfide) groups is 1. The van der Waals surface area contributed by atoms with Gasteiger partial charge in [-0.25, -0.2) is 4.39 Å². The van der Waals surface area contributed by atoms with E-state index in [9.17, 15) is 9.18 Å². The first-order valence-corrected chi connectivity index (χ1v) is 12.3. The molecule has 1 atom stereocenters. The lowest BCUT2D eigenvalue weighted by Gasteiger charge is -2.31. The Hall–Kier alpha value is -2.09. The molecule has 0 spiro atoms. The van der Waals surface area contributed by atoms with Crippen molar-refractivity contribution >= 4 is 23.6 Å². The SMILES string of the molecule is CC1CCN(c2nnc(SCC(=O)NC(c3ccc(F)cc3)C(C)C)n2C2CC2)CC1. The fraction of sp³-hybridized carbons (Fsp3) is 0.609. The quantitative estimate of drug-likeness (QED) is 0.602. The zero-order chi connectivity index (χ0) is 22.0. The summed E-state index contributed by atoms with van der Waals surface area (Å²) in [6.45, 7) is 8.45. The molecule has 1 aromatic carbocycles. The summed E-state index contributed by atoms with van der Waals surface area (Å²) in [4.78, 5) is 15.1. The number of rotatable bonds is 8. The number of nitrogens with zero attached hydrogens (tertiary/aromatic N) is 4. The lowest BCUT2D eigenvalue weighted by molar-refractivity contribution is -0.119. The smallest absolute Gasteiger partial charge is 0.230 e. The molecule has 2 fully saturated rings. The summed E-state index contributed by atoms with van der Waals surface area (Å²) in [7, 11) is 0. The van der Waals surface area contributed by atoms with E-state index in [2.05, 4.69) is 45.8 Å². The number of nitrogens with one attached hydrogen (secondary N) is 1. The minimum Gasteiger partial charge on any atom is -0.348 e. The fourth-order valence-corrected chi connectivity index (χ4v) is 4.91. The molecule has 1 aromatic heterocycles. The molecule has 1 aliphatic heterocycles. The van der Waals surface area contributed by atoms with Crippen LogP contribution in [0.1, 0.15) is 64.1 Å². The Balaban J connectivity index is 1.40. The van der Waals surface area contributed by atoms with E-state index in [-0.39, 0.29) is 29.4 Å². The Morgan fingerprint density at radius 1 is 1.16 bits per heavy atom. The van der Waals surface area contributed by atoms with Crippen LogP contribution >= 0.6 is 11.8 Å². The molecule has 1 unspecified atom stereocenters. The number of hydrogen-bond acceptors (Lipinski definition) is 5. The second-order valence-corrected chi connectivity index (χ2v) is 10.1. The van der Waals surface area contributed by atoms with Gasteiger partial charge in [0.1, 0.15) is 5.82 Å². The predicted molar refractivity (Wildman–Crippen MR) is 122 cm³/mol. The monoisotopic (exact) mass is 445 g/mol. The number of hydrogen-bond donors (Lipinski definition) is 1. The summed E-state index contributed by atoms with van der Waals surface area (Å²) < 4.78 is 15.5. The van der Waals surface area contributed by atoms with Gasteiger partial charge in [-0.05, 0) is 55.2 Å². The van der Waals surface area contributed by atoms with Gasteiger partial charge in [0.25, 0.3) is 0 Å². The van der Waals surface area contributed by atoms with Crippen molar-refractivity contribution in [1.29, 1.82) is 0 Å². The number of anilines is 1. The maximum atomic E-state index is 13.3. The number of carbonyl (C=O) groups excluding carboxylic acids is 1. The van der Waals surface area contributed by atoms with Gasteiger partial charge in [0.05, 0.1) is 11.8 Å². The van der Waals surface area contributed by atoms with Gasteiger partial charge >= 0.3 is 0 Å². The van der Waals surface area contributed by atoms with Crippen molar-refractivity contribution in [2.75, 3.05) is 23.7 Å². The highest BCUT2D eigenvalue weighted by Gasteiger charge is 2.32. The highest BCUT2D eigenvalue weighted by molar-refractivity contribution is 7.99. The molecule has 2 heterocycles. The third-order valence-corrected chi connectivity index (χ3v) is 7.11. The molecule has 0 bridgehead atoms. The fourth-order valence-electron chi connectivity index (χ4n) is 4.09. The summed E-state index contributed by atoms with van der Waals surface area (Å²) in [5.41, 5.74) is 0.914. The first-order chi connectivity index (χ1) is 14.9. The van der Waals surface area contributed by atoms with Crippen LogP contribution in [0.25, 0.3) is 0 Å². The summed E-state index contributed by atoms with van der Waals surface area (Å²) in [5.74, 6) is 1.89. The largest absolute Gasteiger partial charge is 0.348 e. The van der Waals surface area contributed by atoms with Gasteiger partial charge in [0.2, 0.25) is 11.9 Å². The molecule has 1 N–H and O–H groups in total. The minimum atomic E-state index is -0.272. The van der Waals surface area contributed by atoms with Crippen LogP contribution in [-0.4, -0.2) is 39.5 Å². The van der Waals surface area contributed by atoms with Gasteiger partial charge < -0.3 is 10.2 Å². The summed E-state index contributed by atoms with van der Waals surface area (Å²) in [6.07, 6.45) is 4.66. The Labute approximate surface area is 188 Å². The molecule has 8 heteroatoms. The van der Waals surface area contributed by atoms with Crippen LogP contribution in [0, 0.1) is 17.7 Å². The number of halogens is 1. The van der Waals surface area contributed by atoms with Gasteiger partial charge in [-0.15, -0.1) is 10.2 Å². The molecular weight excluding hydrogens is 413 g/mol. The molecule has 1 amide bonds. The zero-order valence-corrected chi connectivity index (χ0v) is 19.4. The van der Waals surface area contributed by atoms with Crippen LogP contribution in [0.2, 0.25) is 0 Å². The number of aromatic nitrogens is 3. The first kappa shape index (κ1) is 22.1. The Bertz CT molecular complexity index is 888. The molecule has 1 saturated carbocycles. The molecule has 4 rings (SSSR count). The van der Waals surface area contributed by atoms with Gasteiger partial charge in [-0.1, -0.05) is 44.7 Å². The first-order valence-electron chi connectivity index (χ1n) is 11.3. The summed E-state index contributed by atoms with van der Waals surface area (Å²) in [5, 5.41) is 12.9. The molecule has 0 radical (unpaired) electrons. The number of amides is 1. The van der Waals surface area contributed by atoms with E-state index < -0.39 is 0 Å². The molecule has 168 valence electrons. The van der Waals surface area contributed by atoms with Crippen molar-refractivity contribution in [2.24, 2.45) is 11.8 Å². The average molecular weight is 446 g/mol. The lowest BCUT2D eigenvalue weighted by Crippen LogP contribution is -2.35. The van der Waals surface area contributed by atoms with Crippen LogP contribution in [0.5, 0.6) is 0 Å². The molecular formula is C23H32FN5OS. The third kappa shape index (κ3) is 5.40. The van der Waals surface area contributed by atoms with Crippen LogP contribution in [0.4, 0.5) is 10.3 Å². The number of piperidine rings is 1. The molecule has 1 saturated heterocycles. The Morgan fingerprint density at radius 3 is 2.45 bits per heavy atom.